The van der Waals surface area contributed by atoms with Crippen LogP contribution in [0.4, 0.5) is 0 Å². The maximum absolute atomic E-state index is 5.54. The molecule has 0 atom stereocenters. The highest BCUT2D eigenvalue weighted by atomic mass is 35.5. The van der Waals surface area contributed by atoms with Crippen LogP contribution in [0.2, 0.25) is 10.0 Å². The zero-order valence-corrected chi connectivity index (χ0v) is 12.8. The van der Waals surface area contributed by atoms with E-state index in [0.717, 1.165) is 10.0 Å². The number of benzene rings is 2. The lowest BCUT2D eigenvalue weighted by atomic mass is 10.4. The molecule has 2 N–H and O–H groups in total. The van der Waals surface area contributed by atoms with Crippen molar-refractivity contribution in [1.29, 1.82) is 0 Å². The molecule has 0 aliphatic carbocycles. The second-order valence-electron chi connectivity index (χ2n) is 3.00. The molecule has 0 aromatic heterocycles. The normalized spacial score (nSPS) is 7.78. The van der Waals surface area contributed by atoms with Crippen LogP contribution in [0.3, 0.4) is 0 Å². The highest BCUT2D eigenvalue weighted by Gasteiger charge is 1.75. The average Bonchev–Trinajstić information content (AvgIpc) is 2.33. The van der Waals surface area contributed by atoms with Crippen LogP contribution >= 0.6 is 35.0 Å². The van der Waals surface area contributed by atoms with Gasteiger partial charge in [0.1, 0.15) is 0 Å². The topological polar surface area (TPSA) is 31.5 Å². The summed E-state index contributed by atoms with van der Waals surface area (Å²) in [5, 5.41) is 1.59. The Balaban J connectivity index is 0. The Labute approximate surface area is 123 Å². The first kappa shape index (κ1) is 19.7. The van der Waals surface area contributed by atoms with Gasteiger partial charge in [0.25, 0.3) is 0 Å². The Morgan fingerprint density at radius 3 is 1.00 bits per heavy atom. The van der Waals surface area contributed by atoms with Gasteiger partial charge in [-0.15, -0.1) is 0 Å². The predicted octanol–water partition coefficient (Wildman–Crippen LogP) is 4.83. The van der Waals surface area contributed by atoms with Crippen LogP contribution < -0.4 is 0 Å². The van der Waals surface area contributed by atoms with Crippen molar-refractivity contribution in [1.82, 2.24) is 0 Å². The monoisotopic (exact) mass is 304 g/mol. The van der Waals surface area contributed by atoms with Crippen LogP contribution in [0.15, 0.2) is 60.7 Å². The molecule has 0 spiro atoms. The Hall–Kier alpha value is -0.670. The van der Waals surface area contributed by atoms with Crippen LogP contribution in [-0.4, -0.2) is 18.0 Å². The van der Waals surface area contributed by atoms with Crippen LogP contribution in [-0.2, 0) is 0 Å². The third-order valence-corrected chi connectivity index (χ3v) is 1.97. The lowest BCUT2D eigenvalue weighted by Gasteiger charge is -1.80. The first-order chi connectivity index (χ1) is 8.20. The summed E-state index contributed by atoms with van der Waals surface area (Å²) in [6, 6.07) is 18.9. The molecule has 1 nitrogen and oxygen atoms in total. The molecule has 0 saturated carbocycles. The van der Waals surface area contributed by atoms with E-state index >= 15 is 0 Å². The fourth-order valence-corrected chi connectivity index (χ4v) is 1.12. The molecule has 0 aliphatic heterocycles. The summed E-state index contributed by atoms with van der Waals surface area (Å²) < 4.78 is 0. The van der Waals surface area contributed by atoms with Crippen molar-refractivity contribution in [2.45, 2.75) is 0 Å². The van der Waals surface area contributed by atoms with Crippen molar-refractivity contribution in [3.63, 3.8) is 0 Å². The number of rotatable bonds is 0. The van der Waals surface area contributed by atoms with Crippen molar-refractivity contribution in [3.8, 4) is 0 Å². The molecule has 4 heteroatoms. The van der Waals surface area contributed by atoms with Gasteiger partial charge in [0, 0.05) is 10.0 Å². The molecule has 100 valence electrons. The van der Waals surface area contributed by atoms with E-state index in [4.69, 9.17) is 23.2 Å². The summed E-state index contributed by atoms with van der Waals surface area (Å²) >= 11 is 12.8. The van der Waals surface area contributed by atoms with Crippen molar-refractivity contribution < 1.29 is 5.48 Å². The SMILES string of the molecule is CSC.Clc1ccccc1.Clc1ccccc1.O. The maximum atomic E-state index is 5.54. The molecule has 0 heterocycles. The van der Waals surface area contributed by atoms with Gasteiger partial charge >= 0.3 is 0 Å². The molecule has 0 bridgehead atoms. The summed E-state index contributed by atoms with van der Waals surface area (Å²) in [7, 11) is 0. The summed E-state index contributed by atoms with van der Waals surface area (Å²) in [5.74, 6) is 0. The Bertz CT molecular complexity index is 331. The summed E-state index contributed by atoms with van der Waals surface area (Å²) in [6.07, 6.45) is 4.08. The van der Waals surface area contributed by atoms with Gasteiger partial charge in [0.05, 0.1) is 0 Å². The van der Waals surface area contributed by atoms with Gasteiger partial charge in [-0.2, -0.15) is 11.8 Å². The van der Waals surface area contributed by atoms with Gasteiger partial charge in [0.15, 0.2) is 0 Å². The highest BCUT2D eigenvalue weighted by molar-refractivity contribution is 7.97. The fraction of sp³-hybridized carbons (Fsp3) is 0.143. The molecule has 0 aliphatic rings. The predicted molar refractivity (Wildman–Crippen MR) is 86.0 cm³/mol. The van der Waals surface area contributed by atoms with Gasteiger partial charge < -0.3 is 5.48 Å². The van der Waals surface area contributed by atoms with E-state index < -0.39 is 0 Å². The van der Waals surface area contributed by atoms with Crippen LogP contribution in [0.1, 0.15) is 0 Å². The molecule has 0 fully saturated rings. The second-order valence-corrected chi connectivity index (χ2v) is 4.69. The molecule has 2 aromatic rings. The summed E-state index contributed by atoms with van der Waals surface area (Å²) in [4.78, 5) is 0. The van der Waals surface area contributed by atoms with E-state index in [1.807, 2.05) is 73.2 Å². The quantitative estimate of drug-likeness (QED) is 0.685. The van der Waals surface area contributed by atoms with Crippen molar-refractivity contribution in [2.24, 2.45) is 0 Å². The number of hydrogen-bond acceptors (Lipinski definition) is 1. The number of halogens is 2. The molecule has 0 radical (unpaired) electrons. The first-order valence-electron chi connectivity index (χ1n) is 5.02. The number of thioether (sulfide) groups is 1. The molecular formula is C14H18Cl2OS. The van der Waals surface area contributed by atoms with Crippen molar-refractivity contribution in [3.05, 3.63) is 70.7 Å². The van der Waals surface area contributed by atoms with E-state index in [2.05, 4.69) is 0 Å². The number of hydrogen-bond donors (Lipinski definition) is 0. The van der Waals surface area contributed by atoms with E-state index in [1.165, 1.54) is 0 Å². The third kappa shape index (κ3) is 13.4. The second kappa shape index (κ2) is 14.4. The molecule has 0 unspecified atom stereocenters. The van der Waals surface area contributed by atoms with E-state index in [1.54, 1.807) is 11.8 Å². The fourth-order valence-electron chi connectivity index (χ4n) is 0.829. The lowest BCUT2D eigenvalue weighted by molar-refractivity contribution is 0.824. The minimum atomic E-state index is 0. The Morgan fingerprint density at radius 1 is 0.667 bits per heavy atom. The lowest BCUT2D eigenvalue weighted by Crippen LogP contribution is -1.55. The first-order valence-corrected chi connectivity index (χ1v) is 7.40. The maximum Gasteiger partial charge on any atom is 0.0405 e. The van der Waals surface area contributed by atoms with E-state index in [9.17, 15) is 0 Å². The van der Waals surface area contributed by atoms with Gasteiger partial charge in [0.2, 0.25) is 0 Å². The van der Waals surface area contributed by atoms with E-state index in [0.29, 0.717) is 0 Å². The summed E-state index contributed by atoms with van der Waals surface area (Å²) in [6.45, 7) is 0. The highest BCUT2D eigenvalue weighted by Crippen LogP contribution is 2.04. The molecule has 2 rings (SSSR count). The van der Waals surface area contributed by atoms with Gasteiger partial charge in [-0.25, -0.2) is 0 Å². The van der Waals surface area contributed by atoms with Gasteiger partial charge in [-0.3, -0.25) is 0 Å². The van der Waals surface area contributed by atoms with E-state index in [-0.39, 0.29) is 5.48 Å². The smallest absolute Gasteiger partial charge is 0.0405 e. The minimum absolute atomic E-state index is 0. The van der Waals surface area contributed by atoms with Gasteiger partial charge in [-0.1, -0.05) is 59.6 Å². The van der Waals surface area contributed by atoms with Crippen LogP contribution in [0.5, 0.6) is 0 Å². The molecule has 18 heavy (non-hydrogen) atoms. The standard InChI is InChI=1S/2C6H5Cl.C2H6S.H2O/c2*7-6-4-2-1-3-5-6;1-3-2;/h2*1-5H;1-2H3;1H2. The average molecular weight is 305 g/mol. The molecule has 0 amide bonds. The molecular weight excluding hydrogens is 287 g/mol. The third-order valence-electron chi connectivity index (χ3n) is 1.47. The van der Waals surface area contributed by atoms with Crippen molar-refractivity contribution in [2.75, 3.05) is 12.5 Å². The zero-order valence-electron chi connectivity index (χ0n) is 10.4. The molecule has 2 aromatic carbocycles. The Kier molecular flexibility index (Phi) is 15.7. The van der Waals surface area contributed by atoms with Crippen LogP contribution in [0, 0.1) is 0 Å². The molecule has 0 saturated heterocycles. The zero-order chi connectivity index (χ0) is 12.9. The van der Waals surface area contributed by atoms with Gasteiger partial charge in [-0.05, 0) is 36.8 Å². The Morgan fingerprint density at radius 2 is 0.889 bits per heavy atom. The largest absolute Gasteiger partial charge is 0.412 e. The summed E-state index contributed by atoms with van der Waals surface area (Å²) in [5.41, 5.74) is 0. The minimum Gasteiger partial charge on any atom is -0.412 e. The van der Waals surface area contributed by atoms with Crippen LogP contribution in [0.25, 0.3) is 0 Å². The van der Waals surface area contributed by atoms with Crippen molar-refractivity contribution >= 4 is 35.0 Å².